The molecule has 0 unspecified atom stereocenters. The molecular formula is C32H47N5O5S. The SMILES string of the molecule is CNC(=O)[C@@H](NC(=O)[C@H]1CN(C(=O)c2scnc2C2CC2)CC12CN(C(=O)[C@H]1CC1(C)C)C2)[C@@H](C)OCC1CCCCC1. The zero-order valence-corrected chi connectivity index (χ0v) is 26.8. The van der Waals surface area contributed by atoms with Gasteiger partial charge in [0.1, 0.15) is 10.9 Å². The number of carbonyl (C=O) groups excluding carboxylic acids is 4. The van der Waals surface area contributed by atoms with Crippen molar-refractivity contribution in [3.05, 3.63) is 16.1 Å². The van der Waals surface area contributed by atoms with Gasteiger partial charge in [-0.3, -0.25) is 19.2 Å². The topological polar surface area (TPSA) is 121 Å². The number of likely N-dealkylation sites (N-methyl/N-ethyl adjacent to an activating group) is 1. The van der Waals surface area contributed by atoms with Gasteiger partial charge in [0.15, 0.2) is 0 Å². The summed E-state index contributed by atoms with van der Waals surface area (Å²) in [6.45, 7) is 8.18. The maximum absolute atomic E-state index is 14.1. The Balaban J connectivity index is 1.17. The van der Waals surface area contributed by atoms with E-state index in [-0.39, 0.29) is 41.5 Å². The first-order valence-electron chi connectivity index (χ1n) is 16.2. The van der Waals surface area contributed by atoms with Crippen LogP contribution in [-0.2, 0) is 19.1 Å². The molecule has 2 aliphatic heterocycles. The molecule has 0 radical (unpaired) electrons. The molecular weight excluding hydrogens is 566 g/mol. The number of thiazole rings is 1. The van der Waals surface area contributed by atoms with Crippen molar-refractivity contribution in [2.75, 3.05) is 39.8 Å². The van der Waals surface area contributed by atoms with Gasteiger partial charge in [-0.05, 0) is 50.4 Å². The van der Waals surface area contributed by atoms with Crippen LogP contribution in [-0.4, -0.2) is 90.4 Å². The maximum atomic E-state index is 14.1. The van der Waals surface area contributed by atoms with E-state index in [0.717, 1.165) is 37.8 Å². The van der Waals surface area contributed by atoms with Crippen molar-refractivity contribution in [1.29, 1.82) is 0 Å². The van der Waals surface area contributed by atoms with E-state index in [9.17, 15) is 19.2 Å². The third-order valence-electron chi connectivity index (χ3n) is 10.8. The van der Waals surface area contributed by atoms with Gasteiger partial charge in [-0.2, -0.15) is 0 Å². The van der Waals surface area contributed by atoms with E-state index >= 15 is 0 Å². The van der Waals surface area contributed by atoms with Crippen LogP contribution in [0.4, 0.5) is 0 Å². The van der Waals surface area contributed by atoms with Crippen LogP contribution in [0.2, 0.25) is 0 Å². The van der Waals surface area contributed by atoms with Crippen molar-refractivity contribution in [1.82, 2.24) is 25.4 Å². The van der Waals surface area contributed by atoms with E-state index in [4.69, 9.17) is 4.74 Å². The highest BCUT2D eigenvalue weighted by Gasteiger charge is 2.62. The van der Waals surface area contributed by atoms with Crippen molar-refractivity contribution < 1.29 is 23.9 Å². The first-order valence-corrected chi connectivity index (χ1v) is 17.1. The molecule has 3 aliphatic carbocycles. The Kier molecular flexibility index (Phi) is 8.34. The molecule has 1 aromatic heterocycles. The van der Waals surface area contributed by atoms with Crippen LogP contribution >= 0.6 is 11.3 Å². The predicted octanol–water partition coefficient (Wildman–Crippen LogP) is 3.18. The van der Waals surface area contributed by atoms with Gasteiger partial charge in [-0.15, -0.1) is 11.3 Å². The van der Waals surface area contributed by atoms with Crippen molar-refractivity contribution >= 4 is 35.0 Å². The predicted molar refractivity (Wildman–Crippen MR) is 162 cm³/mol. The van der Waals surface area contributed by atoms with Crippen LogP contribution < -0.4 is 10.6 Å². The summed E-state index contributed by atoms with van der Waals surface area (Å²) >= 11 is 1.37. The number of carbonyl (C=O) groups is 4. The van der Waals surface area contributed by atoms with Gasteiger partial charge in [-0.1, -0.05) is 33.1 Å². The number of hydrogen-bond donors (Lipinski definition) is 2. The van der Waals surface area contributed by atoms with Gasteiger partial charge < -0.3 is 25.2 Å². The minimum atomic E-state index is -0.851. The number of rotatable bonds is 10. The molecule has 2 saturated heterocycles. The lowest BCUT2D eigenvalue weighted by Crippen LogP contribution is -2.65. The molecule has 6 rings (SSSR count). The van der Waals surface area contributed by atoms with Crippen molar-refractivity contribution in [2.45, 2.75) is 90.2 Å². The molecule has 4 atom stereocenters. The minimum Gasteiger partial charge on any atom is -0.376 e. The second-order valence-electron chi connectivity index (χ2n) is 14.5. The Bertz CT molecular complexity index is 1250. The molecule has 11 heteroatoms. The smallest absolute Gasteiger partial charge is 0.265 e. The average molecular weight is 614 g/mol. The minimum absolute atomic E-state index is 0.0220. The molecule has 0 bridgehead atoms. The molecule has 5 fully saturated rings. The van der Waals surface area contributed by atoms with Gasteiger partial charge in [0.05, 0.1) is 23.2 Å². The molecule has 3 saturated carbocycles. The number of hydrogen-bond acceptors (Lipinski definition) is 7. The molecule has 43 heavy (non-hydrogen) atoms. The van der Waals surface area contributed by atoms with Crippen molar-refractivity contribution in [3.8, 4) is 0 Å². The van der Waals surface area contributed by atoms with Gasteiger partial charge in [-0.25, -0.2) is 4.98 Å². The summed E-state index contributed by atoms with van der Waals surface area (Å²) < 4.78 is 6.17. The molecule has 5 aliphatic rings. The second kappa shape index (κ2) is 11.8. The first kappa shape index (κ1) is 30.5. The molecule has 4 amide bonds. The van der Waals surface area contributed by atoms with E-state index in [1.54, 1.807) is 17.5 Å². The number of likely N-dealkylation sites (tertiary alicyclic amines) is 2. The lowest BCUT2D eigenvalue weighted by molar-refractivity contribution is -0.152. The summed E-state index contributed by atoms with van der Waals surface area (Å²) in [5.74, 6) is -0.186. The number of nitrogens with one attached hydrogen (secondary N) is 2. The zero-order valence-electron chi connectivity index (χ0n) is 26.0. The highest BCUT2D eigenvalue weighted by molar-refractivity contribution is 7.11. The molecule has 1 spiro atoms. The quantitative estimate of drug-likeness (QED) is 0.418. The molecule has 1 aromatic rings. The van der Waals surface area contributed by atoms with Gasteiger partial charge in [0, 0.05) is 57.1 Å². The standard InChI is InChI=1S/C32H47N5O5S/c1-19(42-14-20-8-6-5-7-9-20)24(28(39)33-4)35-27(38)23-13-36(30(41)26-25(21-10-11-21)34-18-43-26)15-32(23)16-37(17-32)29(40)22-12-31(22,2)3/h18-24H,5-17H2,1-4H3,(H,33,39)(H,35,38)/t19-,22-,23-,24+/m1/s1. The Morgan fingerprint density at radius 1 is 1.05 bits per heavy atom. The number of nitrogens with zero attached hydrogens (tertiary/aromatic N) is 3. The third-order valence-corrected chi connectivity index (χ3v) is 11.6. The summed E-state index contributed by atoms with van der Waals surface area (Å²) in [7, 11) is 1.56. The summed E-state index contributed by atoms with van der Waals surface area (Å²) in [4.78, 5) is 62.9. The van der Waals surface area contributed by atoms with Gasteiger partial charge >= 0.3 is 0 Å². The highest BCUT2D eigenvalue weighted by Crippen LogP contribution is 2.55. The first-order chi connectivity index (χ1) is 20.5. The van der Waals surface area contributed by atoms with Crippen LogP contribution in [0.1, 0.15) is 93.4 Å². The summed E-state index contributed by atoms with van der Waals surface area (Å²) in [5.41, 5.74) is 2.09. The summed E-state index contributed by atoms with van der Waals surface area (Å²) in [6, 6.07) is -0.851. The van der Waals surface area contributed by atoms with E-state index in [1.807, 2.05) is 11.8 Å². The molecule has 10 nitrogen and oxygen atoms in total. The lowest BCUT2D eigenvalue weighted by atomic mass is 9.70. The van der Waals surface area contributed by atoms with E-state index in [2.05, 4.69) is 29.5 Å². The van der Waals surface area contributed by atoms with Gasteiger partial charge in [0.2, 0.25) is 17.7 Å². The fourth-order valence-corrected chi connectivity index (χ4v) is 8.37. The monoisotopic (exact) mass is 613 g/mol. The number of aromatic nitrogens is 1. The van der Waals surface area contributed by atoms with Crippen molar-refractivity contribution in [3.63, 3.8) is 0 Å². The zero-order chi connectivity index (χ0) is 30.5. The van der Waals surface area contributed by atoms with Crippen LogP contribution in [0.3, 0.4) is 0 Å². The van der Waals surface area contributed by atoms with Crippen LogP contribution in [0.15, 0.2) is 5.51 Å². The Morgan fingerprint density at radius 2 is 1.72 bits per heavy atom. The van der Waals surface area contributed by atoms with Crippen LogP contribution in [0, 0.1) is 28.6 Å². The largest absolute Gasteiger partial charge is 0.376 e. The third kappa shape index (κ3) is 6.08. The average Bonchev–Trinajstić information content (AvgIpc) is 3.82. The summed E-state index contributed by atoms with van der Waals surface area (Å²) in [6.07, 6.45) is 8.42. The van der Waals surface area contributed by atoms with E-state index in [1.165, 1.54) is 30.6 Å². The van der Waals surface area contributed by atoms with Crippen LogP contribution in [0.25, 0.3) is 0 Å². The second-order valence-corrected chi connectivity index (χ2v) is 15.4. The Morgan fingerprint density at radius 3 is 2.35 bits per heavy atom. The lowest BCUT2D eigenvalue weighted by Gasteiger charge is -2.50. The van der Waals surface area contributed by atoms with Crippen LogP contribution in [0.5, 0.6) is 0 Å². The number of amides is 4. The molecule has 2 N–H and O–H groups in total. The molecule has 3 heterocycles. The summed E-state index contributed by atoms with van der Waals surface area (Å²) in [5, 5.41) is 5.71. The Hall–Kier alpha value is -2.53. The van der Waals surface area contributed by atoms with E-state index < -0.39 is 23.5 Å². The Labute approximate surface area is 258 Å². The van der Waals surface area contributed by atoms with Crippen molar-refractivity contribution in [2.24, 2.45) is 28.6 Å². The fraction of sp³-hybridized carbons (Fsp3) is 0.781. The highest BCUT2D eigenvalue weighted by atomic mass is 32.1. The maximum Gasteiger partial charge on any atom is 0.265 e. The van der Waals surface area contributed by atoms with Gasteiger partial charge in [0.25, 0.3) is 5.91 Å². The normalized spacial score (nSPS) is 27.3. The fourth-order valence-electron chi connectivity index (χ4n) is 7.53. The number of ether oxygens (including phenoxy) is 1. The molecule has 236 valence electrons. The van der Waals surface area contributed by atoms with E-state index in [0.29, 0.717) is 43.0 Å². The molecule has 0 aromatic carbocycles.